The lowest BCUT2D eigenvalue weighted by Crippen LogP contribution is -2.44. The molecule has 0 radical (unpaired) electrons. The summed E-state index contributed by atoms with van der Waals surface area (Å²) in [7, 11) is 1.55. The average Bonchev–Trinajstić information content (AvgIpc) is 2.97. The molecule has 1 N–H and O–H groups in total. The summed E-state index contributed by atoms with van der Waals surface area (Å²) < 4.78 is 10.9. The molecule has 1 aliphatic rings. The summed E-state index contributed by atoms with van der Waals surface area (Å²) in [6, 6.07) is 14.0. The molecule has 1 heterocycles. The predicted octanol–water partition coefficient (Wildman–Crippen LogP) is 3.64. The molecular weight excluding hydrogens is 396 g/mol. The second-order valence-electron chi connectivity index (χ2n) is 5.66. The molecule has 3 rings (SSSR count). The minimum atomic E-state index is -0.435. The summed E-state index contributed by atoms with van der Waals surface area (Å²) >= 11 is 6.39. The highest BCUT2D eigenvalue weighted by Crippen LogP contribution is 2.33. The number of para-hydroxylation sites is 1. The lowest BCUT2D eigenvalue weighted by Gasteiger charge is -2.15. The fraction of sp³-hybridized carbons (Fsp3) is 0.150. The molecule has 0 saturated carbocycles. The van der Waals surface area contributed by atoms with Crippen LogP contribution in [0.1, 0.15) is 22.8 Å². The standard InChI is InChI=1S/C20H18N2O4S2/c1-3-26-16-7-5-4-6-14(16)12-17-19(24)22(20(27)28-17)21-18(23)13-8-10-15(25-2)11-9-13/h4-12H,3H2,1-2H3,(H,21,23)/b17-12+. The molecule has 28 heavy (non-hydrogen) atoms. The Labute approximate surface area is 172 Å². The Hall–Kier alpha value is -2.84. The predicted molar refractivity (Wildman–Crippen MR) is 113 cm³/mol. The van der Waals surface area contributed by atoms with Crippen LogP contribution in [0.2, 0.25) is 0 Å². The molecule has 0 unspecified atom stereocenters. The summed E-state index contributed by atoms with van der Waals surface area (Å²) in [5, 5.41) is 1.09. The first-order chi connectivity index (χ1) is 13.5. The van der Waals surface area contributed by atoms with Gasteiger partial charge in [0.2, 0.25) is 0 Å². The SMILES string of the molecule is CCOc1ccccc1/C=C1/SC(=S)N(NC(=O)c2ccc(OC)cc2)C1=O. The van der Waals surface area contributed by atoms with Gasteiger partial charge in [-0.15, -0.1) is 0 Å². The van der Waals surface area contributed by atoms with Gasteiger partial charge in [0.05, 0.1) is 18.6 Å². The number of hydrazine groups is 1. The third kappa shape index (κ3) is 4.35. The van der Waals surface area contributed by atoms with Gasteiger partial charge in [0.15, 0.2) is 4.32 Å². The summed E-state index contributed by atoms with van der Waals surface area (Å²) in [6.45, 7) is 2.41. The zero-order chi connectivity index (χ0) is 20.1. The van der Waals surface area contributed by atoms with Crippen LogP contribution < -0.4 is 14.9 Å². The lowest BCUT2D eigenvalue weighted by atomic mass is 10.2. The Morgan fingerprint density at radius 3 is 2.61 bits per heavy atom. The maximum atomic E-state index is 12.7. The largest absolute Gasteiger partial charge is 0.497 e. The van der Waals surface area contributed by atoms with Crippen LogP contribution in [-0.4, -0.2) is 34.9 Å². The van der Waals surface area contributed by atoms with Gasteiger partial charge in [-0.1, -0.05) is 30.0 Å². The Balaban J connectivity index is 1.77. The number of nitrogens with zero attached hydrogens (tertiary/aromatic N) is 1. The first-order valence-corrected chi connectivity index (χ1v) is 9.70. The van der Waals surface area contributed by atoms with Gasteiger partial charge in [0.1, 0.15) is 11.5 Å². The molecular formula is C20H18N2O4S2. The van der Waals surface area contributed by atoms with Crippen LogP contribution >= 0.6 is 24.0 Å². The molecule has 2 aromatic rings. The van der Waals surface area contributed by atoms with E-state index in [4.69, 9.17) is 21.7 Å². The number of benzene rings is 2. The Bertz CT molecular complexity index is 941. The maximum Gasteiger partial charge on any atom is 0.285 e. The summed E-state index contributed by atoms with van der Waals surface area (Å²) in [6.07, 6.45) is 1.71. The van der Waals surface area contributed by atoms with Crippen molar-refractivity contribution >= 4 is 46.2 Å². The molecule has 0 aliphatic carbocycles. The summed E-state index contributed by atoms with van der Waals surface area (Å²) in [5.41, 5.74) is 3.72. The van der Waals surface area contributed by atoms with Crippen molar-refractivity contribution in [3.63, 3.8) is 0 Å². The molecule has 0 bridgehead atoms. The number of thiocarbonyl (C=S) groups is 1. The van der Waals surface area contributed by atoms with Crippen LogP contribution in [0.4, 0.5) is 0 Å². The van der Waals surface area contributed by atoms with E-state index in [1.807, 2.05) is 31.2 Å². The van der Waals surface area contributed by atoms with E-state index >= 15 is 0 Å². The van der Waals surface area contributed by atoms with Crippen molar-refractivity contribution in [3.8, 4) is 11.5 Å². The van der Waals surface area contributed by atoms with E-state index in [9.17, 15) is 9.59 Å². The second-order valence-corrected chi connectivity index (χ2v) is 7.33. The third-order valence-electron chi connectivity index (χ3n) is 3.86. The summed E-state index contributed by atoms with van der Waals surface area (Å²) in [4.78, 5) is 25.6. The van der Waals surface area contributed by atoms with E-state index in [0.29, 0.717) is 28.6 Å². The van der Waals surface area contributed by atoms with Crippen LogP contribution in [0.3, 0.4) is 0 Å². The van der Waals surface area contributed by atoms with Gasteiger partial charge in [-0.05, 0) is 55.5 Å². The number of hydrogen-bond acceptors (Lipinski definition) is 6. The van der Waals surface area contributed by atoms with E-state index in [2.05, 4.69) is 5.43 Å². The minimum absolute atomic E-state index is 0.256. The minimum Gasteiger partial charge on any atom is -0.497 e. The Morgan fingerprint density at radius 2 is 1.93 bits per heavy atom. The van der Waals surface area contributed by atoms with Gasteiger partial charge >= 0.3 is 0 Å². The third-order valence-corrected chi connectivity index (χ3v) is 5.17. The Morgan fingerprint density at radius 1 is 1.21 bits per heavy atom. The van der Waals surface area contributed by atoms with Crippen molar-refractivity contribution in [1.82, 2.24) is 10.4 Å². The quantitative estimate of drug-likeness (QED) is 0.575. The molecule has 1 aliphatic heterocycles. The van der Waals surface area contributed by atoms with E-state index in [-0.39, 0.29) is 10.2 Å². The monoisotopic (exact) mass is 414 g/mol. The van der Waals surface area contributed by atoms with Crippen LogP contribution in [0.15, 0.2) is 53.4 Å². The number of nitrogens with one attached hydrogen (secondary N) is 1. The number of carbonyl (C=O) groups is 2. The molecule has 0 aromatic heterocycles. The first-order valence-electron chi connectivity index (χ1n) is 8.48. The Kier molecular flexibility index (Phi) is 6.33. The van der Waals surface area contributed by atoms with Gasteiger partial charge in [-0.3, -0.25) is 15.0 Å². The first kappa shape index (κ1) is 19.9. The maximum absolute atomic E-state index is 12.7. The highest BCUT2D eigenvalue weighted by molar-refractivity contribution is 8.26. The van der Waals surface area contributed by atoms with Gasteiger partial charge in [-0.2, -0.15) is 5.01 Å². The fourth-order valence-electron chi connectivity index (χ4n) is 2.50. The number of carbonyl (C=O) groups excluding carboxylic acids is 2. The van der Waals surface area contributed by atoms with Crippen LogP contribution in [0, 0.1) is 0 Å². The van der Waals surface area contributed by atoms with E-state index in [1.54, 1.807) is 37.5 Å². The number of ether oxygens (including phenoxy) is 2. The molecule has 6 nitrogen and oxygen atoms in total. The number of methoxy groups -OCH3 is 1. The molecule has 144 valence electrons. The van der Waals surface area contributed by atoms with Crippen molar-refractivity contribution < 1.29 is 19.1 Å². The molecule has 1 saturated heterocycles. The molecule has 8 heteroatoms. The number of thioether (sulfide) groups is 1. The van der Waals surface area contributed by atoms with Crippen molar-refractivity contribution in [2.75, 3.05) is 13.7 Å². The van der Waals surface area contributed by atoms with Crippen LogP contribution in [0.25, 0.3) is 6.08 Å². The smallest absolute Gasteiger partial charge is 0.285 e. The molecule has 1 fully saturated rings. The topological polar surface area (TPSA) is 67.9 Å². The van der Waals surface area contributed by atoms with E-state index in [0.717, 1.165) is 22.3 Å². The fourth-order valence-corrected chi connectivity index (χ4v) is 3.67. The zero-order valence-corrected chi connectivity index (χ0v) is 16.9. The number of amides is 2. The van der Waals surface area contributed by atoms with E-state index < -0.39 is 5.91 Å². The van der Waals surface area contributed by atoms with Crippen molar-refractivity contribution in [2.24, 2.45) is 0 Å². The number of rotatable bonds is 6. The van der Waals surface area contributed by atoms with Crippen LogP contribution in [-0.2, 0) is 4.79 Å². The molecule has 2 aromatic carbocycles. The molecule has 0 atom stereocenters. The molecule has 2 amide bonds. The van der Waals surface area contributed by atoms with Gasteiger partial charge in [-0.25, -0.2) is 0 Å². The highest BCUT2D eigenvalue weighted by atomic mass is 32.2. The zero-order valence-electron chi connectivity index (χ0n) is 15.3. The van der Waals surface area contributed by atoms with Crippen molar-refractivity contribution in [2.45, 2.75) is 6.92 Å². The highest BCUT2D eigenvalue weighted by Gasteiger charge is 2.34. The van der Waals surface area contributed by atoms with Gasteiger partial charge in [0, 0.05) is 11.1 Å². The van der Waals surface area contributed by atoms with Crippen molar-refractivity contribution in [1.29, 1.82) is 0 Å². The lowest BCUT2D eigenvalue weighted by molar-refractivity contribution is -0.123. The normalized spacial score (nSPS) is 15.1. The average molecular weight is 415 g/mol. The van der Waals surface area contributed by atoms with Crippen LogP contribution in [0.5, 0.6) is 11.5 Å². The second kappa shape index (κ2) is 8.90. The molecule has 0 spiro atoms. The van der Waals surface area contributed by atoms with Gasteiger partial charge < -0.3 is 9.47 Å². The van der Waals surface area contributed by atoms with Crippen molar-refractivity contribution in [3.05, 3.63) is 64.6 Å². The number of hydrogen-bond donors (Lipinski definition) is 1. The summed E-state index contributed by atoms with van der Waals surface area (Å²) in [5.74, 6) is 0.494. The van der Waals surface area contributed by atoms with E-state index in [1.165, 1.54) is 0 Å². The van der Waals surface area contributed by atoms with Gasteiger partial charge in [0.25, 0.3) is 11.8 Å².